The third kappa shape index (κ3) is 3.04. The molecule has 1 N–H and O–H groups in total. The van der Waals surface area contributed by atoms with Crippen LogP contribution in [0.25, 0.3) is 10.8 Å². The molecule has 0 radical (unpaired) electrons. The number of halogens is 1. The monoisotopic (exact) mass is 390 g/mol. The highest BCUT2D eigenvalue weighted by Gasteiger charge is 2.22. The third-order valence-electron chi connectivity index (χ3n) is 3.74. The van der Waals surface area contributed by atoms with E-state index in [0.29, 0.717) is 5.56 Å². The molecule has 0 saturated heterocycles. The molecule has 5 heteroatoms. The van der Waals surface area contributed by atoms with E-state index in [0.717, 1.165) is 15.2 Å². The molecule has 3 rings (SSSR count). The Bertz CT molecular complexity index is 978. The minimum atomic E-state index is -3.69. The lowest BCUT2D eigenvalue weighted by atomic mass is 10.1. The molecule has 3 aromatic carbocycles. The molecule has 0 unspecified atom stereocenters. The Morgan fingerprint density at radius 3 is 2.35 bits per heavy atom. The molecule has 0 aliphatic rings. The van der Waals surface area contributed by atoms with Crippen molar-refractivity contribution in [1.82, 2.24) is 0 Å². The molecule has 0 spiro atoms. The van der Waals surface area contributed by atoms with Crippen LogP contribution in [0.2, 0.25) is 0 Å². The molecule has 118 valence electrons. The molecule has 0 aromatic heterocycles. The summed E-state index contributed by atoms with van der Waals surface area (Å²) in [6.45, 7) is 1.56. The molecule has 0 fully saturated rings. The number of aliphatic hydroxyl groups is 1. The lowest BCUT2D eigenvalue weighted by Crippen LogP contribution is -2.07. The summed E-state index contributed by atoms with van der Waals surface area (Å²) in [4.78, 5) is 0.367. The standard InChI is InChI=1S/C18H15BrO3S/c1-12(20)17-4-2-3-5-18(17)23(21,22)16-9-7-13-10-15(19)8-6-14(13)11-16/h2-12,20H,1H3/t12-/m0/s1. The van der Waals surface area contributed by atoms with Gasteiger partial charge in [0.05, 0.1) is 15.9 Å². The Hall–Kier alpha value is -1.69. The van der Waals surface area contributed by atoms with E-state index in [2.05, 4.69) is 15.9 Å². The number of benzene rings is 3. The van der Waals surface area contributed by atoms with Gasteiger partial charge in [0.25, 0.3) is 0 Å². The lowest BCUT2D eigenvalue weighted by molar-refractivity contribution is 0.196. The van der Waals surface area contributed by atoms with Crippen LogP contribution in [0.15, 0.2) is 74.9 Å². The molecule has 1 atom stereocenters. The molecule has 23 heavy (non-hydrogen) atoms. The molecule has 0 aliphatic heterocycles. The van der Waals surface area contributed by atoms with Crippen LogP contribution in [0.5, 0.6) is 0 Å². The zero-order valence-electron chi connectivity index (χ0n) is 12.4. The minimum absolute atomic E-state index is 0.145. The molecule has 0 bridgehead atoms. The summed E-state index contributed by atoms with van der Waals surface area (Å²) in [5, 5.41) is 11.7. The van der Waals surface area contributed by atoms with Crippen LogP contribution in [-0.4, -0.2) is 13.5 Å². The van der Waals surface area contributed by atoms with Crippen molar-refractivity contribution >= 4 is 36.5 Å². The number of rotatable bonds is 3. The zero-order chi connectivity index (χ0) is 16.6. The van der Waals surface area contributed by atoms with E-state index in [1.807, 2.05) is 18.2 Å². The van der Waals surface area contributed by atoms with E-state index in [-0.39, 0.29) is 9.79 Å². The number of hydrogen-bond donors (Lipinski definition) is 1. The van der Waals surface area contributed by atoms with Crippen LogP contribution < -0.4 is 0 Å². The summed E-state index contributed by atoms with van der Waals surface area (Å²) in [5.41, 5.74) is 0.406. The van der Waals surface area contributed by atoms with Gasteiger partial charge in [0.15, 0.2) is 0 Å². The van der Waals surface area contributed by atoms with Gasteiger partial charge in [-0.2, -0.15) is 0 Å². The van der Waals surface area contributed by atoms with Crippen molar-refractivity contribution in [2.75, 3.05) is 0 Å². The topological polar surface area (TPSA) is 54.4 Å². The molecule has 0 saturated carbocycles. The van der Waals surface area contributed by atoms with Gasteiger partial charge in [-0.1, -0.05) is 46.3 Å². The summed E-state index contributed by atoms with van der Waals surface area (Å²) in [6, 6.07) is 17.3. The first-order valence-corrected chi connectivity index (χ1v) is 9.38. The van der Waals surface area contributed by atoms with Crippen LogP contribution >= 0.6 is 15.9 Å². The molecule has 0 aliphatic carbocycles. The predicted octanol–water partition coefficient (Wildman–Crippen LogP) is 4.49. The first kappa shape index (κ1) is 16.2. The van der Waals surface area contributed by atoms with E-state index >= 15 is 0 Å². The van der Waals surface area contributed by atoms with Gasteiger partial charge in [-0.25, -0.2) is 8.42 Å². The summed E-state index contributed by atoms with van der Waals surface area (Å²) >= 11 is 3.41. The van der Waals surface area contributed by atoms with Crippen molar-refractivity contribution < 1.29 is 13.5 Å². The van der Waals surface area contributed by atoms with Gasteiger partial charge in [0.1, 0.15) is 0 Å². The van der Waals surface area contributed by atoms with Crippen molar-refractivity contribution in [3.63, 3.8) is 0 Å². The maximum atomic E-state index is 12.9. The summed E-state index contributed by atoms with van der Waals surface area (Å²) < 4.78 is 26.8. The largest absolute Gasteiger partial charge is 0.389 e. The number of fused-ring (bicyclic) bond motifs is 1. The average Bonchev–Trinajstić information content (AvgIpc) is 2.54. The smallest absolute Gasteiger partial charge is 0.206 e. The fourth-order valence-corrected chi connectivity index (χ4v) is 4.53. The van der Waals surface area contributed by atoms with E-state index in [1.165, 1.54) is 6.07 Å². The Kier molecular flexibility index (Phi) is 4.27. The van der Waals surface area contributed by atoms with Crippen molar-refractivity contribution in [2.24, 2.45) is 0 Å². The van der Waals surface area contributed by atoms with Gasteiger partial charge >= 0.3 is 0 Å². The molecule has 0 heterocycles. The number of sulfone groups is 1. The van der Waals surface area contributed by atoms with Crippen molar-refractivity contribution in [2.45, 2.75) is 22.8 Å². The second kappa shape index (κ2) is 6.07. The van der Waals surface area contributed by atoms with Crippen LogP contribution in [0.1, 0.15) is 18.6 Å². The van der Waals surface area contributed by atoms with E-state index in [9.17, 15) is 13.5 Å². The zero-order valence-corrected chi connectivity index (χ0v) is 14.8. The second-order valence-electron chi connectivity index (χ2n) is 5.37. The van der Waals surface area contributed by atoms with Crippen molar-refractivity contribution in [1.29, 1.82) is 0 Å². The number of aliphatic hydroxyl groups excluding tert-OH is 1. The quantitative estimate of drug-likeness (QED) is 0.716. The van der Waals surface area contributed by atoms with Gasteiger partial charge in [0, 0.05) is 4.47 Å². The third-order valence-corrected chi connectivity index (χ3v) is 6.06. The first-order chi connectivity index (χ1) is 10.9. The van der Waals surface area contributed by atoms with Gasteiger partial charge in [-0.15, -0.1) is 0 Å². The Morgan fingerprint density at radius 2 is 1.61 bits per heavy atom. The Labute approximate surface area is 143 Å². The molecule has 0 amide bonds. The minimum Gasteiger partial charge on any atom is -0.389 e. The van der Waals surface area contributed by atoms with Crippen molar-refractivity contribution in [3.05, 3.63) is 70.7 Å². The predicted molar refractivity (Wildman–Crippen MR) is 94.2 cm³/mol. The van der Waals surface area contributed by atoms with Gasteiger partial charge in [0.2, 0.25) is 9.84 Å². The van der Waals surface area contributed by atoms with Crippen LogP contribution in [-0.2, 0) is 9.84 Å². The van der Waals surface area contributed by atoms with Crippen LogP contribution in [0.3, 0.4) is 0 Å². The lowest BCUT2D eigenvalue weighted by Gasteiger charge is -2.13. The second-order valence-corrected chi connectivity index (χ2v) is 8.20. The fourth-order valence-electron chi connectivity index (χ4n) is 2.56. The normalized spacial score (nSPS) is 13.2. The molecular weight excluding hydrogens is 376 g/mol. The van der Waals surface area contributed by atoms with Crippen molar-refractivity contribution in [3.8, 4) is 0 Å². The fraction of sp³-hybridized carbons (Fsp3) is 0.111. The van der Waals surface area contributed by atoms with E-state index in [4.69, 9.17) is 0 Å². The summed E-state index contributed by atoms with van der Waals surface area (Å²) in [6.07, 6.45) is -0.850. The molecule has 3 nitrogen and oxygen atoms in total. The number of hydrogen-bond acceptors (Lipinski definition) is 3. The Morgan fingerprint density at radius 1 is 0.957 bits per heavy atom. The highest BCUT2D eigenvalue weighted by atomic mass is 79.9. The summed E-state index contributed by atoms with van der Waals surface area (Å²) in [5.74, 6) is 0. The highest BCUT2D eigenvalue weighted by molar-refractivity contribution is 9.10. The van der Waals surface area contributed by atoms with Gasteiger partial charge in [-0.05, 0) is 53.6 Å². The SMILES string of the molecule is C[C@H](O)c1ccccc1S(=O)(=O)c1ccc2cc(Br)ccc2c1. The molecular formula is C18H15BrO3S. The van der Waals surface area contributed by atoms with Crippen LogP contribution in [0.4, 0.5) is 0 Å². The van der Waals surface area contributed by atoms with Gasteiger partial charge in [-0.3, -0.25) is 0 Å². The highest BCUT2D eigenvalue weighted by Crippen LogP contribution is 2.30. The van der Waals surface area contributed by atoms with Crippen LogP contribution in [0, 0.1) is 0 Å². The maximum Gasteiger partial charge on any atom is 0.206 e. The van der Waals surface area contributed by atoms with Gasteiger partial charge < -0.3 is 5.11 Å². The van der Waals surface area contributed by atoms with E-state index in [1.54, 1.807) is 43.3 Å². The first-order valence-electron chi connectivity index (χ1n) is 7.11. The summed E-state index contributed by atoms with van der Waals surface area (Å²) in [7, 11) is -3.69. The Balaban J connectivity index is 2.19. The average molecular weight is 391 g/mol. The molecule has 3 aromatic rings. The maximum absolute atomic E-state index is 12.9. The van der Waals surface area contributed by atoms with E-state index < -0.39 is 15.9 Å².